The van der Waals surface area contributed by atoms with Crippen LogP contribution in [-0.2, 0) is 9.53 Å². The highest BCUT2D eigenvalue weighted by atomic mass is 16.6. The Bertz CT molecular complexity index is 437. The van der Waals surface area contributed by atoms with E-state index in [2.05, 4.69) is 4.74 Å². The fourth-order valence-corrected chi connectivity index (χ4v) is 1.79. The number of nitrogens with zero attached hydrogens (tertiary/aromatic N) is 2. The first-order chi connectivity index (χ1) is 8.11. The molecule has 6 nitrogen and oxygen atoms in total. The molecule has 0 radical (unpaired) electrons. The Morgan fingerprint density at radius 3 is 2.47 bits per heavy atom. The first kappa shape index (κ1) is 11.4. The molecule has 0 unspecified atom stereocenters. The van der Waals surface area contributed by atoms with Crippen LogP contribution in [0, 0.1) is 16.0 Å². The van der Waals surface area contributed by atoms with E-state index in [1.807, 2.05) is 4.90 Å². The number of carbonyl (C=O) groups excluding carboxylic acids is 1. The lowest BCUT2D eigenvalue weighted by Crippen LogP contribution is -2.50. The van der Waals surface area contributed by atoms with Gasteiger partial charge in [-0.3, -0.25) is 14.9 Å². The van der Waals surface area contributed by atoms with E-state index in [9.17, 15) is 14.9 Å². The van der Waals surface area contributed by atoms with Crippen molar-refractivity contribution in [3.8, 4) is 0 Å². The Kier molecular flexibility index (Phi) is 2.95. The number of hydrogen-bond donors (Lipinski definition) is 0. The molecule has 90 valence electrons. The molecule has 1 heterocycles. The fourth-order valence-electron chi connectivity index (χ4n) is 1.79. The van der Waals surface area contributed by atoms with E-state index in [4.69, 9.17) is 0 Å². The molecule has 1 saturated heterocycles. The minimum Gasteiger partial charge on any atom is -0.469 e. The van der Waals surface area contributed by atoms with Gasteiger partial charge in [0, 0.05) is 30.9 Å². The van der Waals surface area contributed by atoms with Crippen molar-refractivity contribution < 1.29 is 14.5 Å². The van der Waals surface area contributed by atoms with E-state index < -0.39 is 4.92 Å². The van der Waals surface area contributed by atoms with Gasteiger partial charge in [0.15, 0.2) is 0 Å². The summed E-state index contributed by atoms with van der Waals surface area (Å²) in [5.74, 6) is -0.293. The van der Waals surface area contributed by atoms with E-state index in [1.165, 1.54) is 19.2 Å². The molecule has 0 atom stereocenters. The Hall–Kier alpha value is -2.11. The van der Waals surface area contributed by atoms with Gasteiger partial charge in [-0.25, -0.2) is 0 Å². The van der Waals surface area contributed by atoms with Crippen molar-refractivity contribution >= 4 is 17.3 Å². The normalized spacial score (nSPS) is 15.2. The second kappa shape index (κ2) is 4.40. The zero-order chi connectivity index (χ0) is 12.4. The van der Waals surface area contributed by atoms with Crippen LogP contribution < -0.4 is 4.90 Å². The van der Waals surface area contributed by atoms with Gasteiger partial charge in [0.05, 0.1) is 18.0 Å². The number of rotatable bonds is 3. The number of nitro groups is 1. The minimum atomic E-state index is -0.433. The van der Waals surface area contributed by atoms with Crippen LogP contribution in [-0.4, -0.2) is 31.1 Å². The number of ether oxygens (including phenoxy) is 1. The molecule has 0 aromatic heterocycles. The Morgan fingerprint density at radius 2 is 2.00 bits per heavy atom. The zero-order valence-corrected chi connectivity index (χ0v) is 9.33. The lowest BCUT2D eigenvalue weighted by Gasteiger charge is -2.39. The van der Waals surface area contributed by atoms with Crippen LogP contribution in [0.5, 0.6) is 0 Å². The first-order valence-electron chi connectivity index (χ1n) is 5.19. The SMILES string of the molecule is COC(=O)C1CN(c2ccc([N+](=O)[O-])cc2)C1. The van der Waals surface area contributed by atoms with E-state index in [1.54, 1.807) is 12.1 Å². The number of hydrogen-bond acceptors (Lipinski definition) is 5. The lowest BCUT2D eigenvalue weighted by molar-refractivity contribution is -0.384. The molecular weight excluding hydrogens is 224 g/mol. The minimum absolute atomic E-state index is 0.0683. The van der Waals surface area contributed by atoms with Crippen LogP contribution in [0.2, 0.25) is 0 Å². The van der Waals surface area contributed by atoms with Crippen molar-refractivity contribution in [3.05, 3.63) is 34.4 Å². The summed E-state index contributed by atoms with van der Waals surface area (Å²) in [4.78, 5) is 23.2. The largest absolute Gasteiger partial charge is 0.469 e. The number of benzene rings is 1. The summed E-state index contributed by atoms with van der Waals surface area (Å²) in [5.41, 5.74) is 0.953. The monoisotopic (exact) mass is 236 g/mol. The van der Waals surface area contributed by atoms with Gasteiger partial charge in [0.25, 0.3) is 5.69 Å². The van der Waals surface area contributed by atoms with Crippen molar-refractivity contribution in [2.24, 2.45) is 5.92 Å². The third-order valence-corrected chi connectivity index (χ3v) is 2.84. The first-order valence-corrected chi connectivity index (χ1v) is 5.19. The summed E-state index contributed by atoms with van der Waals surface area (Å²) < 4.78 is 4.63. The van der Waals surface area contributed by atoms with Crippen LogP contribution in [0.15, 0.2) is 24.3 Å². The number of nitro benzene ring substituents is 1. The molecule has 2 rings (SSSR count). The number of carbonyl (C=O) groups is 1. The van der Waals surface area contributed by atoms with Gasteiger partial charge in [0.2, 0.25) is 0 Å². The van der Waals surface area contributed by atoms with Crippen LogP contribution >= 0.6 is 0 Å². The molecule has 0 spiro atoms. The van der Waals surface area contributed by atoms with E-state index in [-0.39, 0.29) is 17.6 Å². The van der Waals surface area contributed by atoms with Crippen LogP contribution in [0.3, 0.4) is 0 Å². The predicted octanol–water partition coefficient (Wildman–Crippen LogP) is 1.20. The lowest BCUT2D eigenvalue weighted by atomic mass is 9.99. The summed E-state index contributed by atoms with van der Waals surface area (Å²) in [6, 6.07) is 6.29. The highest BCUT2D eigenvalue weighted by Crippen LogP contribution is 2.26. The van der Waals surface area contributed by atoms with Gasteiger partial charge in [-0.05, 0) is 12.1 Å². The molecule has 0 saturated carbocycles. The number of non-ortho nitro benzene ring substituents is 1. The Labute approximate surface area is 97.9 Å². The second-order valence-corrected chi connectivity index (χ2v) is 3.90. The van der Waals surface area contributed by atoms with Crippen molar-refractivity contribution in [1.82, 2.24) is 0 Å². The van der Waals surface area contributed by atoms with E-state index in [0.717, 1.165) is 5.69 Å². The second-order valence-electron chi connectivity index (χ2n) is 3.90. The third kappa shape index (κ3) is 2.20. The Balaban J connectivity index is 1.97. The molecule has 1 fully saturated rings. The summed E-state index contributed by atoms with van der Waals surface area (Å²) >= 11 is 0. The molecule has 1 aromatic rings. The molecular formula is C11H12N2O4. The quantitative estimate of drug-likeness (QED) is 0.448. The van der Waals surface area contributed by atoms with E-state index >= 15 is 0 Å². The number of esters is 1. The number of anilines is 1. The molecule has 1 aliphatic rings. The van der Waals surface area contributed by atoms with Gasteiger partial charge < -0.3 is 9.64 Å². The summed E-state index contributed by atoms with van der Waals surface area (Å²) in [7, 11) is 1.37. The summed E-state index contributed by atoms with van der Waals surface area (Å²) in [5, 5.41) is 10.5. The van der Waals surface area contributed by atoms with Crippen LogP contribution in [0.4, 0.5) is 11.4 Å². The summed E-state index contributed by atoms with van der Waals surface area (Å²) in [6.07, 6.45) is 0. The van der Waals surface area contributed by atoms with Crippen molar-refractivity contribution in [1.29, 1.82) is 0 Å². The topological polar surface area (TPSA) is 72.7 Å². The molecule has 0 amide bonds. The highest BCUT2D eigenvalue weighted by molar-refractivity contribution is 5.76. The molecule has 0 aliphatic carbocycles. The van der Waals surface area contributed by atoms with Crippen LogP contribution in [0.1, 0.15) is 0 Å². The molecule has 6 heteroatoms. The molecule has 17 heavy (non-hydrogen) atoms. The Morgan fingerprint density at radius 1 is 1.41 bits per heavy atom. The van der Waals surface area contributed by atoms with Crippen molar-refractivity contribution in [3.63, 3.8) is 0 Å². The van der Waals surface area contributed by atoms with Gasteiger partial charge in [0.1, 0.15) is 0 Å². The van der Waals surface area contributed by atoms with Crippen LogP contribution in [0.25, 0.3) is 0 Å². The van der Waals surface area contributed by atoms with Gasteiger partial charge >= 0.3 is 5.97 Å². The molecule has 1 aromatic carbocycles. The highest BCUT2D eigenvalue weighted by Gasteiger charge is 2.33. The van der Waals surface area contributed by atoms with Gasteiger partial charge in [-0.15, -0.1) is 0 Å². The average molecular weight is 236 g/mol. The fraction of sp³-hybridized carbons (Fsp3) is 0.364. The van der Waals surface area contributed by atoms with Gasteiger partial charge in [-0.2, -0.15) is 0 Å². The molecule has 0 N–H and O–H groups in total. The van der Waals surface area contributed by atoms with Crippen molar-refractivity contribution in [2.45, 2.75) is 0 Å². The predicted molar refractivity (Wildman–Crippen MR) is 60.8 cm³/mol. The van der Waals surface area contributed by atoms with Crippen molar-refractivity contribution in [2.75, 3.05) is 25.1 Å². The maximum Gasteiger partial charge on any atom is 0.312 e. The molecule has 0 bridgehead atoms. The molecule has 1 aliphatic heterocycles. The maximum atomic E-state index is 11.2. The average Bonchev–Trinajstić information content (AvgIpc) is 2.27. The third-order valence-electron chi connectivity index (χ3n) is 2.84. The van der Waals surface area contributed by atoms with Gasteiger partial charge in [-0.1, -0.05) is 0 Å². The maximum absolute atomic E-state index is 11.2. The zero-order valence-electron chi connectivity index (χ0n) is 9.33. The summed E-state index contributed by atoms with van der Waals surface area (Å²) in [6.45, 7) is 1.20. The number of methoxy groups -OCH3 is 1. The standard InChI is InChI=1S/C11H12N2O4/c1-17-11(14)8-6-12(7-8)9-2-4-10(5-3-9)13(15)16/h2-5,8H,6-7H2,1H3. The van der Waals surface area contributed by atoms with E-state index in [0.29, 0.717) is 13.1 Å². The smallest absolute Gasteiger partial charge is 0.312 e.